The molecular formula is C21H24N4O3. The summed E-state index contributed by atoms with van der Waals surface area (Å²) in [5.74, 6) is -0.328. The van der Waals surface area contributed by atoms with Crippen molar-refractivity contribution >= 4 is 28.4 Å². The van der Waals surface area contributed by atoms with E-state index in [9.17, 15) is 14.4 Å². The maximum atomic E-state index is 12.9. The van der Waals surface area contributed by atoms with Crippen molar-refractivity contribution < 1.29 is 9.59 Å². The molecule has 7 nitrogen and oxygen atoms in total. The van der Waals surface area contributed by atoms with E-state index in [4.69, 9.17) is 5.73 Å². The highest BCUT2D eigenvalue weighted by atomic mass is 16.2. The molecule has 1 aliphatic heterocycles. The van der Waals surface area contributed by atoms with Crippen LogP contribution in [-0.4, -0.2) is 38.8 Å². The van der Waals surface area contributed by atoms with E-state index in [0.29, 0.717) is 50.8 Å². The smallest absolute Gasteiger partial charge is 0.275 e. The number of fused-ring (bicyclic) bond motifs is 3. The molecule has 1 fully saturated rings. The normalized spacial score (nSPS) is 15.4. The number of rotatable bonds is 5. The van der Waals surface area contributed by atoms with E-state index in [2.05, 4.69) is 0 Å². The van der Waals surface area contributed by atoms with Crippen molar-refractivity contribution in [3.05, 3.63) is 52.9 Å². The zero-order chi connectivity index (χ0) is 19.7. The number of para-hydroxylation sites is 2. The van der Waals surface area contributed by atoms with Crippen LogP contribution in [0.1, 0.15) is 25.7 Å². The van der Waals surface area contributed by atoms with Crippen LogP contribution in [0.15, 0.2) is 47.4 Å². The Kier molecular flexibility index (Phi) is 4.90. The van der Waals surface area contributed by atoms with Crippen LogP contribution >= 0.6 is 0 Å². The number of carbonyl (C=O) groups excluding carboxylic acids is 2. The molecule has 1 saturated heterocycles. The third-order valence-corrected chi connectivity index (χ3v) is 5.67. The van der Waals surface area contributed by atoms with Crippen molar-refractivity contribution in [3.8, 4) is 0 Å². The number of piperidine rings is 1. The number of hydrogen-bond acceptors (Lipinski definition) is 3. The summed E-state index contributed by atoms with van der Waals surface area (Å²) in [5, 5.41) is 0. The van der Waals surface area contributed by atoms with Gasteiger partial charge in [0.25, 0.3) is 5.56 Å². The predicted octanol–water partition coefficient (Wildman–Crippen LogP) is 1.76. The number of carbonyl (C=O) groups is 2. The highest BCUT2D eigenvalue weighted by Crippen LogP contribution is 2.18. The topological polar surface area (TPSA) is 89.8 Å². The number of aryl methyl sites for hydroxylation is 1. The van der Waals surface area contributed by atoms with E-state index in [1.165, 1.54) is 0 Å². The molecule has 146 valence electrons. The third-order valence-electron chi connectivity index (χ3n) is 5.67. The van der Waals surface area contributed by atoms with Gasteiger partial charge in [0.15, 0.2) is 0 Å². The largest absolute Gasteiger partial charge is 0.369 e. The van der Waals surface area contributed by atoms with Crippen LogP contribution in [0.25, 0.3) is 16.6 Å². The van der Waals surface area contributed by atoms with Crippen LogP contribution in [0.3, 0.4) is 0 Å². The summed E-state index contributed by atoms with van der Waals surface area (Å²) in [6.45, 7) is 1.64. The molecule has 0 spiro atoms. The molecule has 3 aromatic rings. The van der Waals surface area contributed by atoms with E-state index in [-0.39, 0.29) is 23.3 Å². The van der Waals surface area contributed by atoms with Crippen LogP contribution in [-0.2, 0) is 16.1 Å². The predicted molar refractivity (Wildman–Crippen MR) is 107 cm³/mol. The lowest BCUT2D eigenvalue weighted by Crippen LogP contribution is -2.41. The van der Waals surface area contributed by atoms with Gasteiger partial charge >= 0.3 is 0 Å². The summed E-state index contributed by atoms with van der Waals surface area (Å²) in [5.41, 5.74) is 7.78. The second-order valence-electron chi connectivity index (χ2n) is 7.37. The first-order valence-electron chi connectivity index (χ1n) is 9.72. The number of nitrogens with zero attached hydrogens (tertiary/aromatic N) is 3. The summed E-state index contributed by atoms with van der Waals surface area (Å²) >= 11 is 0. The van der Waals surface area contributed by atoms with Gasteiger partial charge in [-0.2, -0.15) is 0 Å². The SMILES string of the molecule is NC(=O)C1CCN(C(=O)CCCn2c(=O)c3cccn3c3ccccc32)CC1. The Morgan fingerprint density at radius 2 is 1.68 bits per heavy atom. The average Bonchev–Trinajstić information content (AvgIpc) is 3.21. The molecule has 0 bridgehead atoms. The number of aromatic nitrogens is 2. The van der Waals surface area contributed by atoms with Crippen LogP contribution in [0, 0.1) is 5.92 Å². The maximum absolute atomic E-state index is 12.9. The number of benzene rings is 1. The van der Waals surface area contributed by atoms with Gasteiger partial charge < -0.3 is 19.6 Å². The van der Waals surface area contributed by atoms with Gasteiger partial charge in [-0.25, -0.2) is 0 Å². The molecule has 7 heteroatoms. The Balaban J connectivity index is 1.46. The lowest BCUT2D eigenvalue weighted by Gasteiger charge is -2.30. The van der Waals surface area contributed by atoms with Gasteiger partial charge in [0.05, 0.1) is 11.0 Å². The monoisotopic (exact) mass is 380 g/mol. The molecule has 2 amide bonds. The Morgan fingerprint density at radius 3 is 2.39 bits per heavy atom. The first-order valence-corrected chi connectivity index (χ1v) is 9.72. The molecule has 3 heterocycles. The van der Waals surface area contributed by atoms with Gasteiger partial charge in [-0.15, -0.1) is 0 Å². The Hall–Kier alpha value is -3.09. The van der Waals surface area contributed by atoms with Gasteiger partial charge in [0.2, 0.25) is 11.8 Å². The van der Waals surface area contributed by atoms with Gasteiger partial charge in [-0.05, 0) is 43.5 Å². The molecular weight excluding hydrogens is 356 g/mol. The van der Waals surface area contributed by atoms with Crippen LogP contribution in [0.4, 0.5) is 0 Å². The number of hydrogen-bond donors (Lipinski definition) is 1. The van der Waals surface area contributed by atoms with E-state index < -0.39 is 0 Å². The summed E-state index contributed by atoms with van der Waals surface area (Å²) in [6, 6.07) is 11.5. The van der Waals surface area contributed by atoms with Crippen LogP contribution < -0.4 is 11.3 Å². The molecule has 0 saturated carbocycles. The van der Waals surface area contributed by atoms with Crippen molar-refractivity contribution in [2.24, 2.45) is 11.7 Å². The molecule has 2 aromatic heterocycles. The van der Waals surface area contributed by atoms with Crippen LogP contribution in [0.5, 0.6) is 0 Å². The van der Waals surface area contributed by atoms with Crippen molar-refractivity contribution in [2.75, 3.05) is 13.1 Å². The Labute approximate surface area is 162 Å². The van der Waals surface area contributed by atoms with Crippen molar-refractivity contribution in [3.63, 3.8) is 0 Å². The fourth-order valence-electron chi connectivity index (χ4n) is 4.09. The number of nitrogens with two attached hydrogens (primary N) is 1. The second kappa shape index (κ2) is 7.50. The minimum Gasteiger partial charge on any atom is -0.369 e. The summed E-state index contributed by atoms with van der Waals surface area (Å²) < 4.78 is 3.67. The molecule has 28 heavy (non-hydrogen) atoms. The lowest BCUT2D eigenvalue weighted by atomic mass is 9.96. The molecule has 4 rings (SSSR count). The Bertz CT molecular complexity index is 1090. The third kappa shape index (κ3) is 3.28. The van der Waals surface area contributed by atoms with E-state index in [1.807, 2.05) is 47.0 Å². The minimum absolute atomic E-state index is 0.0431. The number of amides is 2. The fourth-order valence-corrected chi connectivity index (χ4v) is 4.09. The molecule has 0 unspecified atom stereocenters. The van der Waals surface area contributed by atoms with E-state index >= 15 is 0 Å². The highest BCUT2D eigenvalue weighted by Gasteiger charge is 2.25. The summed E-state index contributed by atoms with van der Waals surface area (Å²) in [6.07, 6.45) is 4.14. The highest BCUT2D eigenvalue weighted by molar-refractivity contribution is 5.80. The maximum Gasteiger partial charge on any atom is 0.275 e. The first-order chi connectivity index (χ1) is 13.6. The number of likely N-dealkylation sites (tertiary alicyclic amines) is 1. The van der Waals surface area contributed by atoms with Gasteiger partial charge in [-0.1, -0.05) is 12.1 Å². The van der Waals surface area contributed by atoms with Crippen molar-refractivity contribution in [1.29, 1.82) is 0 Å². The lowest BCUT2D eigenvalue weighted by molar-refractivity contribution is -0.135. The summed E-state index contributed by atoms with van der Waals surface area (Å²) in [4.78, 5) is 38.4. The van der Waals surface area contributed by atoms with Gasteiger partial charge in [-0.3, -0.25) is 14.4 Å². The molecule has 0 radical (unpaired) electrons. The minimum atomic E-state index is -0.279. The second-order valence-corrected chi connectivity index (χ2v) is 7.37. The van der Waals surface area contributed by atoms with Crippen molar-refractivity contribution in [2.45, 2.75) is 32.2 Å². The summed E-state index contributed by atoms with van der Waals surface area (Å²) in [7, 11) is 0. The van der Waals surface area contributed by atoms with Gasteiger partial charge in [0, 0.05) is 38.2 Å². The molecule has 1 aliphatic rings. The molecule has 0 atom stereocenters. The number of primary amides is 1. The molecule has 0 aliphatic carbocycles. The standard InChI is InChI=1S/C21H24N4O3/c22-20(27)15-9-13-23(14-10-15)19(26)8-4-12-25-17-6-2-1-5-16(17)24-11-3-7-18(24)21(25)28/h1-3,5-7,11,15H,4,8-10,12-14H2,(H2,22,27). The zero-order valence-corrected chi connectivity index (χ0v) is 15.7. The molecule has 2 N–H and O–H groups in total. The average molecular weight is 380 g/mol. The van der Waals surface area contributed by atoms with Crippen LogP contribution in [0.2, 0.25) is 0 Å². The van der Waals surface area contributed by atoms with E-state index in [0.717, 1.165) is 11.0 Å². The van der Waals surface area contributed by atoms with Crippen molar-refractivity contribution in [1.82, 2.24) is 13.9 Å². The van der Waals surface area contributed by atoms with Gasteiger partial charge in [0.1, 0.15) is 5.52 Å². The zero-order valence-electron chi connectivity index (χ0n) is 15.7. The fraction of sp³-hybridized carbons (Fsp3) is 0.381. The molecule has 1 aromatic carbocycles. The first kappa shape index (κ1) is 18.3. The van der Waals surface area contributed by atoms with E-state index in [1.54, 1.807) is 9.47 Å². The Morgan fingerprint density at radius 1 is 1.00 bits per heavy atom. The quantitative estimate of drug-likeness (QED) is 0.731.